The summed E-state index contributed by atoms with van der Waals surface area (Å²) in [5.41, 5.74) is 1.94. The van der Waals surface area contributed by atoms with Gasteiger partial charge in [0.05, 0.1) is 0 Å². The van der Waals surface area contributed by atoms with Gasteiger partial charge in [0, 0.05) is 42.5 Å². The SMILES string of the molecule is [CH2]C(=O)NCc1ccc(-n2c(C)cc(OCc3ccc(F)cc3F)c(Br)c2=O)cc1. The molecule has 0 bridgehead atoms. The number of carbonyl (C=O) groups is 1. The third-order valence-electron chi connectivity index (χ3n) is 4.38. The van der Waals surface area contributed by atoms with E-state index < -0.39 is 11.6 Å². The van der Waals surface area contributed by atoms with Gasteiger partial charge >= 0.3 is 0 Å². The maximum atomic E-state index is 13.8. The number of hydrogen-bond acceptors (Lipinski definition) is 3. The van der Waals surface area contributed by atoms with Crippen molar-refractivity contribution in [3.63, 3.8) is 0 Å². The van der Waals surface area contributed by atoms with Gasteiger partial charge in [-0.25, -0.2) is 8.78 Å². The molecule has 1 radical (unpaired) electrons. The summed E-state index contributed by atoms with van der Waals surface area (Å²) in [5.74, 6) is -1.50. The Morgan fingerprint density at radius 1 is 1.17 bits per heavy atom. The molecule has 30 heavy (non-hydrogen) atoms. The van der Waals surface area contributed by atoms with E-state index in [0.717, 1.165) is 17.7 Å². The minimum absolute atomic E-state index is 0.152. The molecule has 0 spiro atoms. The fourth-order valence-electron chi connectivity index (χ4n) is 2.87. The first-order valence-electron chi connectivity index (χ1n) is 8.94. The van der Waals surface area contributed by atoms with Crippen molar-refractivity contribution >= 4 is 21.8 Å². The largest absolute Gasteiger partial charge is 0.487 e. The van der Waals surface area contributed by atoms with E-state index in [1.807, 2.05) is 0 Å². The second-order valence-electron chi connectivity index (χ2n) is 6.57. The molecule has 3 rings (SSSR count). The third-order valence-corrected chi connectivity index (χ3v) is 5.11. The number of rotatable bonds is 6. The van der Waals surface area contributed by atoms with Crippen LogP contribution in [-0.2, 0) is 17.9 Å². The van der Waals surface area contributed by atoms with Gasteiger partial charge in [-0.15, -0.1) is 0 Å². The standard InChI is InChI=1S/C22H18BrF2N2O3/c1-13-9-20(30-12-16-5-6-17(24)10-19(16)25)21(23)22(29)27(13)18-7-3-15(4-8-18)11-26-14(2)28/h3-10H,2,11-12H2,1H3,(H,26,28). The predicted molar refractivity (Wildman–Crippen MR) is 112 cm³/mol. The van der Waals surface area contributed by atoms with Crippen LogP contribution >= 0.6 is 15.9 Å². The molecule has 0 aliphatic heterocycles. The molecular formula is C22H18BrF2N2O3. The molecule has 3 aromatic rings. The van der Waals surface area contributed by atoms with E-state index in [9.17, 15) is 18.4 Å². The van der Waals surface area contributed by atoms with Crippen LogP contribution in [0.15, 0.2) is 57.8 Å². The molecule has 0 fully saturated rings. The second-order valence-corrected chi connectivity index (χ2v) is 7.37. The Bertz CT molecular complexity index is 1140. The number of pyridine rings is 1. The van der Waals surface area contributed by atoms with Gasteiger partial charge in [-0.05, 0) is 52.7 Å². The zero-order valence-corrected chi connectivity index (χ0v) is 17.6. The van der Waals surface area contributed by atoms with Gasteiger partial charge in [0.25, 0.3) is 5.56 Å². The molecule has 1 N–H and O–H groups in total. The van der Waals surface area contributed by atoms with Crippen molar-refractivity contribution in [2.24, 2.45) is 0 Å². The molecule has 155 valence electrons. The normalized spacial score (nSPS) is 10.7. The second kappa shape index (κ2) is 9.21. The number of aromatic nitrogens is 1. The van der Waals surface area contributed by atoms with E-state index >= 15 is 0 Å². The minimum atomic E-state index is -0.716. The number of benzene rings is 2. The summed E-state index contributed by atoms with van der Waals surface area (Å²) < 4.78 is 34.1. The van der Waals surface area contributed by atoms with Crippen molar-refractivity contribution in [1.29, 1.82) is 0 Å². The highest BCUT2D eigenvalue weighted by atomic mass is 79.9. The number of amides is 1. The van der Waals surface area contributed by atoms with Gasteiger partial charge in [-0.2, -0.15) is 0 Å². The molecule has 2 aromatic carbocycles. The fourth-order valence-corrected chi connectivity index (χ4v) is 3.27. The van der Waals surface area contributed by atoms with E-state index in [2.05, 4.69) is 28.2 Å². The predicted octanol–water partition coefficient (Wildman–Crippen LogP) is 4.22. The van der Waals surface area contributed by atoms with Crippen LogP contribution in [0, 0.1) is 25.5 Å². The van der Waals surface area contributed by atoms with Crippen molar-refractivity contribution in [3.05, 3.63) is 98.7 Å². The quantitative estimate of drug-likeness (QED) is 0.580. The Hall–Kier alpha value is -3.00. The van der Waals surface area contributed by atoms with Crippen molar-refractivity contribution in [2.75, 3.05) is 0 Å². The molecule has 0 atom stereocenters. The van der Waals surface area contributed by atoms with Gasteiger partial charge < -0.3 is 10.1 Å². The molecular weight excluding hydrogens is 458 g/mol. The zero-order chi connectivity index (χ0) is 21.8. The Morgan fingerprint density at radius 2 is 1.87 bits per heavy atom. The van der Waals surface area contributed by atoms with E-state index in [1.54, 1.807) is 37.3 Å². The van der Waals surface area contributed by atoms with Crippen LogP contribution in [0.4, 0.5) is 8.78 Å². The van der Waals surface area contributed by atoms with Gasteiger partial charge in [-0.1, -0.05) is 12.1 Å². The minimum Gasteiger partial charge on any atom is -0.487 e. The summed E-state index contributed by atoms with van der Waals surface area (Å²) in [6, 6.07) is 12.0. The first kappa shape index (κ1) is 21.7. The van der Waals surface area contributed by atoms with Crippen molar-refractivity contribution in [1.82, 2.24) is 9.88 Å². The van der Waals surface area contributed by atoms with E-state index in [4.69, 9.17) is 4.74 Å². The number of nitrogens with one attached hydrogen (secondary N) is 1. The highest BCUT2D eigenvalue weighted by Gasteiger charge is 2.14. The number of ether oxygens (including phenoxy) is 1. The molecule has 0 saturated carbocycles. The average molecular weight is 476 g/mol. The first-order valence-corrected chi connectivity index (χ1v) is 9.73. The van der Waals surface area contributed by atoms with Gasteiger partial charge in [0.1, 0.15) is 28.5 Å². The third kappa shape index (κ3) is 4.94. The highest BCUT2D eigenvalue weighted by molar-refractivity contribution is 9.10. The fraction of sp³-hybridized carbons (Fsp3) is 0.136. The van der Waals surface area contributed by atoms with Gasteiger partial charge in [0.15, 0.2) is 0 Å². The first-order chi connectivity index (χ1) is 14.3. The highest BCUT2D eigenvalue weighted by Crippen LogP contribution is 2.25. The van der Waals surface area contributed by atoms with Gasteiger partial charge in [-0.3, -0.25) is 14.2 Å². The van der Waals surface area contributed by atoms with Crippen LogP contribution in [0.1, 0.15) is 16.8 Å². The maximum Gasteiger partial charge on any atom is 0.273 e. The summed E-state index contributed by atoms with van der Waals surface area (Å²) in [5, 5.41) is 2.60. The number of hydrogen-bond donors (Lipinski definition) is 1. The summed E-state index contributed by atoms with van der Waals surface area (Å²) in [7, 11) is 0. The summed E-state index contributed by atoms with van der Waals surface area (Å²) >= 11 is 3.25. The Balaban J connectivity index is 1.84. The van der Waals surface area contributed by atoms with E-state index in [0.29, 0.717) is 17.9 Å². The number of nitrogens with zero attached hydrogens (tertiary/aromatic N) is 1. The van der Waals surface area contributed by atoms with Crippen LogP contribution in [0.25, 0.3) is 5.69 Å². The lowest BCUT2D eigenvalue weighted by atomic mass is 10.2. The molecule has 8 heteroatoms. The molecule has 0 aliphatic carbocycles. The van der Waals surface area contributed by atoms with Crippen molar-refractivity contribution in [2.45, 2.75) is 20.1 Å². The Labute approximate surface area is 180 Å². The molecule has 0 saturated heterocycles. The molecule has 0 aliphatic rings. The van der Waals surface area contributed by atoms with Crippen molar-refractivity contribution < 1.29 is 18.3 Å². The Morgan fingerprint density at radius 3 is 2.50 bits per heavy atom. The lowest BCUT2D eigenvalue weighted by molar-refractivity contribution is -0.116. The molecule has 0 unspecified atom stereocenters. The monoisotopic (exact) mass is 475 g/mol. The van der Waals surface area contributed by atoms with E-state index in [-0.39, 0.29) is 33.9 Å². The van der Waals surface area contributed by atoms with Crippen LogP contribution < -0.4 is 15.6 Å². The zero-order valence-electron chi connectivity index (χ0n) is 16.0. The summed E-state index contributed by atoms with van der Waals surface area (Å²) in [4.78, 5) is 23.8. The van der Waals surface area contributed by atoms with Crippen molar-refractivity contribution in [3.8, 4) is 11.4 Å². The molecule has 1 aromatic heterocycles. The smallest absolute Gasteiger partial charge is 0.273 e. The topological polar surface area (TPSA) is 60.3 Å². The lowest BCUT2D eigenvalue weighted by Gasteiger charge is -2.15. The summed E-state index contributed by atoms with van der Waals surface area (Å²) in [6.07, 6.45) is 0. The lowest BCUT2D eigenvalue weighted by Crippen LogP contribution is -2.22. The van der Waals surface area contributed by atoms with Crippen LogP contribution in [0.2, 0.25) is 0 Å². The number of halogens is 3. The maximum absolute atomic E-state index is 13.8. The molecule has 1 amide bonds. The van der Waals surface area contributed by atoms with Crippen LogP contribution in [0.3, 0.4) is 0 Å². The van der Waals surface area contributed by atoms with Crippen LogP contribution in [0.5, 0.6) is 5.75 Å². The average Bonchev–Trinajstić information content (AvgIpc) is 2.70. The number of carbonyl (C=O) groups excluding carboxylic acids is 1. The molecule has 1 heterocycles. The molecule has 5 nitrogen and oxygen atoms in total. The summed E-state index contributed by atoms with van der Waals surface area (Å²) in [6.45, 7) is 5.19. The van der Waals surface area contributed by atoms with Gasteiger partial charge in [0.2, 0.25) is 5.91 Å². The van der Waals surface area contributed by atoms with Crippen LogP contribution in [-0.4, -0.2) is 10.5 Å². The van der Waals surface area contributed by atoms with E-state index in [1.165, 1.54) is 10.6 Å². The number of aryl methyl sites for hydroxylation is 1. The Kier molecular flexibility index (Phi) is 6.66.